The number of piperazine rings is 1. The molecule has 1 aromatic carbocycles. The summed E-state index contributed by atoms with van der Waals surface area (Å²) < 4.78 is 0. The quantitative estimate of drug-likeness (QED) is 0.608. The molecule has 0 saturated carbocycles. The Labute approximate surface area is 150 Å². The summed E-state index contributed by atoms with van der Waals surface area (Å²) in [4.78, 5) is 18.2. The van der Waals surface area contributed by atoms with E-state index in [4.69, 9.17) is 12.2 Å². The fraction of sp³-hybridized carbons (Fsp3) is 0.579. The molecule has 1 fully saturated rings. The van der Waals surface area contributed by atoms with Crippen molar-refractivity contribution < 1.29 is 4.79 Å². The lowest BCUT2D eigenvalue weighted by Gasteiger charge is -2.45. The van der Waals surface area contributed by atoms with Crippen LogP contribution < -0.4 is 4.90 Å². The molecule has 1 unspecified atom stereocenters. The van der Waals surface area contributed by atoms with Crippen molar-refractivity contribution in [1.29, 1.82) is 0 Å². The highest BCUT2D eigenvalue weighted by Crippen LogP contribution is 2.42. The van der Waals surface area contributed by atoms with Crippen LogP contribution in [0.5, 0.6) is 0 Å². The minimum Gasteiger partial charge on any atom is -0.369 e. The highest BCUT2D eigenvalue weighted by atomic mass is 32.1. The Hall–Kier alpha value is -1.62. The van der Waals surface area contributed by atoms with E-state index in [0.29, 0.717) is 5.92 Å². The number of thiocarbonyl (C=S) groups is 1. The van der Waals surface area contributed by atoms with E-state index in [1.54, 1.807) is 0 Å². The van der Waals surface area contributed by atoms with Gasteiger partial charge >= 0.3 is 0 Å². The third-order valence-corrected chi connectivity index (χ3v) is 6.12. The van der Waals surface area contributed by atoms with Crippen LogP contribution in [-0.4, -0.2) is 60.0 Å². The molecular formula is C19H27N3OS. The lowest BCUT2D eigenvalue weighted by Crippen LogP contribution is -2.48. The van der Waals surface area contributed by atoms with Crippen LogP contribution >= 0.6 is 12.2 Å². The number of amides is 1. The molecule has 130 valence electrons. The summed E-state index contributed by atoms with van der Waals surface area (Å²) in [6.45, 7) is 10.1. The Bertz CT molecular complexity index is 650. The maximum Gasteiger partial charge on any atom is 0.209 e. The van der Waals surface area contributed by atoms with Crippen molar-refractivity contribution in [1.82, 2.24) is 9.80 Å². The second kappa shape index (κ2) is 6.36. The zero-order valence-electron chi connectivity index (χ0n) is 15.1. The maximum atomic E-state index is 10.9. The van der Waals surface area contributed by atoms with E-state index in [1.165, 1.54) is 11.3 Å². The van der Waals surface area contributed by atoms with Gasteiger partial charge in [-0.2, -0.15) is 0 Å². The van der Waals surface area contributed by atoms with Gasteiger partial charge in [0, 0.05) is 50.0 Å². The van der Waals surface area contributed by atoms with Crippen LogP contribution in [-0.2, 0) is 4.79 Å². The molecule has 4 nitrogen and oxygen atoms in total. The Morgan fingerprint density at radius 2 is 1.92 bits per heavy atom. The second-order valence-corrected chi connectivity index (χ2v) is 8.07. The number of carbonyl (C=O) groups is 1. The van der Waals surface area contributed by atoms with Crippen LogP contribution in [0.2, 0.25) is 0 Å². The van der Waals surface area contributed by atoms with Gasteiger partial charge in [0.25, 0.3) is 0 Å². The van der Waals surface area contributed by atoms with Crippen LogP contribution in [0.25, 0.3) is 0 Å². The van der Waals surface area contributed by atoms with Crippen LogP contribution in [0.1, 0.15) is 44.2 Å². The first-order valence-electron chi connectivity index (χ1n) is 8.70. The minimum absolute atomic E-state index is 0.180. The first-order valence-corrected chi connectivity index (χ1v) is 9.11. The normalized spacial score (nSPS) is 23.0. The fourth-order valence-corrected chi connectivity index (χ4v) is 4.23. The van der Waals surface area contributed by atoms with Crippen LogP contribution in [0.3, 0.4) is 0 Å². The van der Waals surface area contributed by atoms with Gasteiger partial charge in [0.1, 0.15) is 4.99 Å². The number of rotatable bonds is 2. The summed E-state index contributed by atoms with van der Waals surface area (Å²) in [6, 6.07) is 6.65. The zero-order valence-corrected chi connectivity index (χ0v) is 15.9. The van der Waals surface area contributed by atoms with Gasteiger partial charge in [-0.25, -0.2) is 0 Å². The Kier molecular flexibility index (Phi) is 4.56. The molecule has 0 aromatic heterocycles. The van der Waals surface area contributed by atoms with E-state index in [-0.39, 0.29) is 5.54 Å². The molecule has 1 amide bonds. The zero-order chi connectivity index (χ0) is 17.5. The topological polar surface area (TPSA) is 26.8 Å². The lowest BCUT2D eigenvalue weighted by molar-refractivity contribution is -0.119. The van der Waals surface area contributed by atoms with Gasteiger partial charge in [0.15, 0.2) is 0 Å². The standard InChI is InChI=1S/C19H27N3OS/c1-14-12-19(2,3)20(4)17-6-5-15(11-16(14)17)18(24)22-9-7-21(13-23)8-10-22/h5-6,11,13-14H,7-10,12H2,1-4H3. The van der Waals surface area contributed by atoms with Crippen LogP contribution in [0.4, 0.5) is 5.69 Å². The monoisotopic (exact) mass is 345 g/mol. The Morgan fingerprint density at radius 3 is 2.54 bits per heavy atom. The molecule has 1 aromatic rings. The molecule has 0 aliphatic carbocycles. The molecule has 0 bridgehead atoms. The molecule has 0 N–H and O–H groups in total. The Balaban J connectivity index is 1.83. The molecule has 0 radical (unpaired) electrons. The average Bonchev–Trinajstić information content (AvgIpc) is 2.58. The first-order chi connectivity index (χ1) is 11.3. The van der Waals surface area contributed by atoms with Gasteiger partial charge in [-0.15, -0.1) is 0 Å². The summed E-state index contributed by atoms with van der Waals surface area (Å²) in [6.07, 6.45) is 2.07. The maximum absolute atomic E-state index is 10.9. The largest absolute Gasteiger partial charge is 0.369 e. The van der Waals surface area contributed by atoms with Gasteiger partial charge in [0.2, 0.25) is 6.41 Å². The Morgan fingerprint density at radius 1 is 1.25 bits per heavy atom. The first kappa shape index (κ1) is 17.2. The molecule has 24 heavy (non-hydrogen) atoms. The van der Waals surface area contributed by atoms with E-state index in [1.807, 2.05) is 4.90 Å². The number of hydrogen-bond donors (Lipinski definition) is 0. The highest BCUT2D eigenvalue weighted by molar-refractivity contribution is 7.80. The molecular weight excluding hydrogens is 318 g/mol. The smallest absolute Gasteiger partial charge is 0.209 e. The molecule has 1 atom stereocenters. The van der Waals surface area contributed by atoms with Crippen molar-refractivity contribution in [2.24, 2.45) is 0 Å². The van der Waals surface area contributed by atoms with E-state index < -0.39 is 0 Å². The molecule has 2 heterocycles. The number of benzene rings is 1. The van der Waals surface area contributed by atoms with Gasteiger partial charge in [-0.05, 0) is 49.9 Å². The molecule has 0 spiro atoms. The van der Waals surface area contributed by atoms with Crippen molar-refractivity contribution in [3.8, 4) is 0 Å². The lowest BCUT2D eigenvalue weighted by atomic mass is 9.80. The van der Waals surface area contributed by atoms with Gasteiger partial charge in [-0.3, -0.25) is 4.79 Å². The molecule has 2 aliphatic heterocycles. The fourth-order valence-electron chi connectivity index (χ4n) is 3.92. The molecule has 3 rings (SSSR count). The number of nitrogens with zero attached hydrogens (tertiary/aromatic N) is 3. The summed E-state index contributed by atoms with van der Waals surface area (Å²) >= 11 is 5.74. The molecule has 2 aliphatic rings. The van der Waals surface area contributed by atoms with Crippen LogP contribution in [0.15, 0.2) is 18.2 Å². The average molecular weight is 346 g/mol. The number of hydrogen-bond acceptors (Lipinski definition) is 3. The van der Waals surface area contributed by atoms with E-state index in [0.717, 1.165) is 49.6 Å². The summed E-state index contributed by atoms with van der Waals surface area (Å²) in [5.41, 5.74) is 4.02. The van der Waals surface area contributed by atoms with Crippen molar-refractivity contribution in [3.63, 3.8) is 0 Å². The SMILES string of the molecule is CC1CC(C)(C)N(C)c2ccc(C(=S)N3CCN(C=O)CC3)cc21. The van der Waals surface area contributed by atoms with Gasteiger partial charge < -0.3 is 14.7 Å². The molecule has 5 heteroatoms. The predicted octanol–water partition coefficient (Wildman–Crippen LogP) is 2.86. The highest BCUT2D eigenvalue weighted by Gasteiger charge is 2.34. The van der Waals surface area contributed by atoms with E-state index >= 15 is 0 Å². The number of anilines is 1. The van der Waals surface area contributed by atoms with E-state index in [2.05, 4.69) is 55.8 Å². The van der Waals surface area contributed by atoms with E-state index in [9.17, 15) is 4.79 Å². The van der Waals surface area contributed by atoms with Gasteiger partial charge in [0.05, 0.1) is 0 Å². The van der Waals surface area contributed by atoms with Crippen molar-refractivity contribution in [2.75, 3.05) is 38.1 Å². The predicted molar refractivity (Wildman–Crippen MR) is 103 cm³/mol. The third-order valence-electron chi connectivity index (χ3n) is 5.63. The van der Waals surface area contributed by atoms with Crippen molar-refractivity contribution >= 4 is 29.3 Å². The van der Waals surface area contributed by atoms with Crippen LogP contribution in [0, 0.1) is 0 Å². The number of carbonyl (C=O) groups excluding carboxylic acids is 1. The minimum atomic E-state index is 0.180. The molecule has 1 saturated heterocycles. The number of fused-ring (bicyclic) bond motifs is 1. The summed E-state index contributed by atoms with van der Waals surface area (Å²) in [5.74, 6) is 0.529. The van der Waals surface area contributed by atoms with Crippen molar-refractivity contribution in [2.45, 2.75) is 38.6 Å². The summed E-state index contributed by atoms with van der Waals surface area (Å²) in [7, 11) is 2.18. The third kappa shape index (κ3) is 3.02. The summed E-state index contributed by atoms with van der Waals surface area (Å²) in [5, 5.41) is 0. The van der Waals surface area contributed by atoms with Crippen molar-refractivity contribution in [3.05, 3.63) is 29.3 Å². The second-order valence-electron chi connectivity index (χ2n) is 7.68. The van der Waals surface area contributed by atoms with Gasteiger partial charge in [-0.1, -0.05) is 19.1 Å².